The third-order valence-electron chi connectivity index (χ3n) is 8.38. The molecule has 2 heteroatoms. The van der Waals surface area contributed by atoms with E-state index in [1.807, 2.05) is 0 Å². The lowest BCUT2D eigenvalue weighted by Crippen LogP contribution is -2.53. The first-order valence-corrected chi connectivity index (χ1v) is 9.28. The van der Waals surface area contributed by atoms with E-state index in [-0.39, 0.29) is 12.2 Å². The molecule has 2 nitrogen and oxygen atoms in total. The normalized spacial score (nSPS) is 60.0. The summed E-state index contributed by atoms with van der Waals surface area (Å²) in [7, 11) is 0. The van der Waals surface area contributed by atoms with Crippen molar-refractivity contribution < 1.29 is 10.2 Å². The van der Waals surface area contributed by atoms with Gasteiger partial charge >= 0.3 is 0 Å². The standard InChI is InChI=1S/C19H32O2/c1-18-7-6-16-15(17(18)10-14(21)11-18)4-3-12-9-13(20)5-8-19(12,16)2/h12-17,20-21H,3-11H2,1-2H3/t12?,13-,14+,15?,16?,17?,18+,19-/m0/s1. The molecule has 8 atom stereocenters. The number of aliphatic hydroxyl groups excluding tert-OH is 2. The third-order valence-corrected chi connectivity index (χ3v) is 8.38. The summed E-state index contributed by atoms with van der Waals surface area (Å²) in [6.45, 7) is 4.98. The van der Waals surface area contributed by atoms with Crippen molar-refractivity contribution in [2.45, 2.75) is 83.8 Å². The third kappa shape index (κ3) is 2.05. The van der Waals surface area contributed by atoms with Crippen LogP contribution in [-0.2, 0) is 0 Å². The van der Waals surface area contributed by atoms with Crippen LogP contribution >= 0.6 is 0 Å². The minimum absolute atomic E-state index is 0.0400. The van der Waals surface area contributed by atoms with Crippen molar-refractivity contribution in [3.05, 3.63) is 0 Å². The monoisotopic (exact) mass is 292 g/mol. The molecule has 0 aromatic heterocycles. The zero-order valence-corrected chi connectivity index (χ0v) is 13.7. The van der Waals surface area contributed by atoms with Crippen LogP contribution in [0.25, 0.3) is 0 Å². The lowest BCUT2D eigenvalue weighted by molar-refractivity contribution is -0.120. The Labute approximate surface area is 129 Å². The minimum atomic E-state index is -0.0440. The maximum atomic E-state index is 10.2. The predicted molar refractivity (Wildman–Crippen MR) is 83.7 cm³/mol. The zero-order valence-electron chi connectivity index (χ0n) is 13.7. The van der Waals surface area contributed by atoms with E-state index in [0.717, 1.165) is 49.4 Å². The van der Waals surface area contributed by atoms with Gasteiger partial charge in [0, 0.05) is 0 Å². The largest absolute Gasteiger partial charge is 0.393 e. The summed E-state index contributed by atoms with van der Waals surface area (Å²) in [5.74, 6) is 3.21. The highest BCUT2D eigenvalue weighted by Gasteiger charge is 2.58. The van der Waals surface area contributed by atoms with Gasteiger partial charge in [-0.05, 0) is 92.3 Å². The van der Waals surface area contributed by atoms with E-state index in [0.29, 0.717) is 10.8 Å². The second kappa shape index (κ2) is 4.71. The SMILES string of the molecule is C[C@]12CCC3C(CCC4C[C@@H](O)CC[C@@]43C)C1C[C@@H](O)C2. The van der Waals surface area contributed by atoms with Gasteiger partial charge in [-0.2, -0.15) is 0 Å². The summed E-state index contributed by atoms with van der Waals surface area (Å²) < 4.78 is 0. The van der Waals surface area contributed by atoms with Gasteiger partial charge in [0.15, 0.2) is 0 Å². The Balaban J connectivity index is 1.62. The molecule has 0 radical (unpaired) electrons. The van der Waals surface area contributed by atoms with E-state index in [1.165, 1.54) is 32.1 Å². The van der Waals surface area contributed by atoms with Crippen LogP contribution in [0.1, 0.15) is 71.6 Å². The van der Waals surface area contributed by atoms with Gasteiger partial charge < -0.3 is 10.2 Å². The second-order valence-corrected chi connectivity index (χ2v) is 9.37. The topological polar surface area (TPSA) is 40.5 Å². The Morgan fingerprint density at radius 3 is 2.43 bits per heavy atom. The van der Waals surface area contributed by atoms with E-state index in [9.17, 15) is 10.2 Å². The fraction of sp³-hybridized carbons (Fsp3) is 1.00. The molecule has 4 rings (SSSR count). The maximum absolute atomic E-state index is 10.2. The number of hydrogen-bond donors (Lipinski definition) is 2. The first kappa shape index (κ1) is 14.5. The van der Waals surface area contributed by atoms with Crippen LogP contribution < -0.4 is 0 Å². The maximum Gasteiger partial charge on any atom is 0.0548 e. The van der Waals surface area contributed by atoms with Crippen LogP contribution in [-0.4, -0.2) is 22.4 Å². The molecule has 4 saturated carbocycles. The van der Waals surface area contributed by atoms with Gasteiger partial charge in [0.2, 0.25) is 0 Å². The second-order valence-electron chi connectivity index (χ2n) is 9.37. The van der Waals surface area contributed by atoms with E-state index in [2.05, 4.69) is 13.8 Å². The quantitative estimate of drug-likeness (QED) is 0.714. The molecular weight excluding hydrogens is 260 g/mol. The van der Waals surface area contributed by atoms with Crippen molar-refractivity contribution in [3.8, 4) is 0 Å². The average molecular weight is 292 g/mol. The van der Waals surface area contributed by atoms with Gasteiger partial charge in [-0.25, -0.2) is 0 Å². The highest BCUT2D eigenvalue weighted by atomic mass is 16.3. The molecule has 4 aliphatic carbocycles. The Kier molecular flexibility index (Phi) is 3.25. The number of aliphatic hydroxyl groups is 2. The molecule has 0 aromatic carbocycles. The van der Waals surface area contributed by atoms with Gasteiger partial charge in [0.1, 0.15) is 0 Å². The molecule has 4 fully saturated rings. The zero-order chi connectivity index (χ0) is 14.8. The minimum Gasteiger partial charge on any atom is -0.393 e. The molecule has 0 aromatic rings. The average Bonchev–Trinajstić information content (AvgIpc) is 2.74. The Morgan fingerprint density at radius 2 is 1.62 bits per heavy atom. The summed E-state index contributed by atoms with van der Waals surface area (Å²) in [4.78, 5) is 0. The first-order chi connectivity index (χ1) is 9.92. The van der Waals surface area contributed by atoms with Crippen molar-refractivity contribution in [1.29, 1.82) is 0 Å². The number of hydrogen-bond acceptors (Lipinski definition) is 2. The molecule has 0 amide bonds. The summed E-state index contributed by atoms with van der Waals surface area (Å²) in [6.07, 6.45) is 10.7. The molecule has 0 aliphatic heterocycles. The van der Waals surface area contributed by atoms with Crippen molar-refractivity contribution in [3.63, 3.8) is 0 Å². The molecule has 0 bridgehead atoms. The molecule has 0 saturated heterocycles. The Morgan fingerprint density at radius 1 is 0.810 bits per heavy atom. The van der Waals surface area contributed by atoms with Crippen molar-refractivity contribution >= 4 is 0 Å². The number of fused-ring (bicyclic) bond motifs is 5. The lowest BCUT2D eigenvalue weighted by atomic mass is 9.45. The van der Waals surface area contributed by atoms with E-state index < -0.39 is 0 Å². The fourth-order valence-electron chi connectivity index (χ4n) is 7.26. The summed E-state index contributed by atoms with van der Waals surface area (Å²) in [5.41, 5.74) is 0.884. The summed E-state index contributed by atoms with van der Waals surface area (Å²) in [6, 6.07) is 0. The van der Waals surface area contributed by atoms with E-state index >= 15 is 0 Å². The van der Waals surface area contributed by atoms with Gasteiger partial charge in [-0.3, -0.25) is 0 Å². The van der Waals surface area contributed by atoms with E-state index in [4.69, 9.17) is 0 Å². The summed E-state index contributed by atoms with van der Waals surface area (Å²) in [5, 5.41) is 20.3. The van der Waals surface area contributed by atoms with E-state index in [1.54, 1.807) is 0 Å². The molecule has 21 heavy (non-hydrogen) atoms. The van der Waals surface area contributed by atoms with Crippen LogP contribution in [0.3, 0.4) is 0 Å². The Bertz CT molecular complexity index is 422. The van der Waals surface area contributed by atoms with Gasteiger partial charge in [0.25, 0.3) is 0 Å². The highest BCUT2D eigenvalue weighted by molar-refractivity contribution is 5.08. The van der Waals surface area contributed by atoms with Crippen molar-refractivity contribution in [1.82, 2.24) is 0 Å². The molecular formula is C19H32O2. The van der Waals surface area contributed by atoms with Gasteiger partial charge in [-0.15, -0.1) is 0 Å². The summed E-state index contributed by atoms with van der Waals surface area (Å²) >= 11 is 0. The molecule has 120 valence electrons. The molecule has 4 aliphatic rings. The smallest absolute Gasteiger partial charge is 0.0548 e. The van der Waals surface area contributed by atoms with Gasteiger partial charge in [-0.1, -0.05) is 13.8 Å². The fourth-order valence-corrected chi connectivity index (χ4v) is 7.26. The lowest BCUT2D eigenvalue weighted by Gasteiger charge is -2.60. The van der Waals surface area contributed by atoms with Crippen LogP contribution in [0, 0.1) is 34.5 Å². The Hall–Kier alpha value is -0.0800. The van der Waals surface area contributed by atoms with Crippen molar-refractivity contribution in [2.75, 3.05) is 0 Å². The predicted octanol–water partition coefficient (Wildman–Crippen LogP) is 3.75. The molecule has 2 N–H and O–H groups in total. The first-order valence-electron chi connectivity index (χ1n) is 9.28. The van der Waals surface area contributed by atoms with Crippen LogP contribution in [0.2, 0.25) is 0 Å². The highest BCUT2D eigenvalue weighted by Crippen LogP contribution is 2.66. The van der Waals surface area contributed by atoms with Crippen LogP contribution in [0.5, 0.6) is 0 Å². The molecule has 0 heterocycles. The molecule has 4 unspecified atom stereocenters. The van der Waals surface area contributed by atoms with Gasteiger partial charge in [0.05, 0.1) is 12.2 Å². The van der Waals surface area contributed by atoms with Crippen LogP contribution in [0.15, 0.2) is 0 Å². The van der Waals surface area contributed by atoms with Crippen LogP contribution in [0.4, 0.5) is 0 Å². The molecule has 0 spiro atoms. The van der Waals surface area contributed by atoms with Crippen molar-refractivity contribution in [2.24, 2.45) is 34.5 Å². The number of rotatable bonds is 0.